The lowest BCUT2D eigenvalue weighted by atomic mass is 10.0. The fraction of sp³-hybridized carbons (Fsp3) is 0.286. The van der Waals surface area contributed by atoms with Gasteiger partial charge >= 0.3 is 5.97 Å². The van der Waals surface area contributed by atoms with Crippen molar-refractivity contribution in [2.75, 3.05) is 6.61 Å². The van der Waals surface area contributed by atoms with Crippen LogP contribution in [0.5, 0.6) is 0 Å². The average Bonchev–Trinajstić information content (AvgIpc) is 3.03. The molecule has 6 heteroatoms. The van der Waals surface area contributed by atoms with E-state index in [1.165, 1.54) is 0 Å². The fourth-order valence-electron chi connectivity index (χ4n) is 3.35. The number of benzene rings is 1. The first-order valence-corrected chi connectivity index (χ1v) is 9.14. The Bertz CT molecular complexity index is 985. The normalized spacial score (nSPS) is 18.1. The molecule has 1 aromatic carbocycles. The lowest BCUT2D eigenvalue weighted by Gasteiger charge is -2.10. The summed E-state index contributed by atoms with van der Waals surface area (Å²) in [4.78, 5) is 29.0. The van der Waals surface area contributed by atoms with E-state index in [9.17, 15) is 9.59 Å². The topological polar surface area (TPSA) is 60.7 Å². The summed E-state index contributed by atoms with van der Waals surface area (Å²) in [6.07, 6.45) is 1.73. The van der Waals surface area contributed by atoms with Crippen LogP contribution in [0.1, 0.15) is 30.8 Å². The summed E-state index contributed by atoms with van der Waals surface area (Å²) in [5, 5.41) is 0.656. The zero-order valence-electron chi connectivity index (χ0n) is 15.7. The Labute approximate surface area is 163 Å². The molecule has 1 unspecified atom stereocenters. The van der Waals surface area contributed by atoms with Crippen molar-refractivity contribution < 1.29 is 14.3 Å². The highest BCUT2D eigenvalue weighted by Crippen LogP contribution is 2.28. The fourth-order valence-corrected chi connectivity index (χ4v) is 3.53. The summed E-state index contributed by atoms with van der Waals surface area (Å²) in [5.41, 5.74) is 4.53. The number of aromatic nitrogens is 1. The van der Waals surface area contributed by atoms with Gasteiger partial charge in [-0.1, -0.05) is 17.7 Å². The van der Waals surface area contributed by atoms with E-state index in [-0.39, 0.29) is 18.1 Å². The number of carbonyl (C=O) groups is 2. The number of aryl methyl sites for hydroxylation is 1. The molecule has 27 heavy (non-hydrogen) atoms. The summed E-state index contributed by atoms with van der Waals surface area (Å²) >= 11 is 6.12. The van der Waals surface area contributed by atoms with Crippen LogP contribution in [0.3, 0.4) is 0 Å². The summed E-state index contributed by atoms with van der Waals surface area (Å²) in [7, 11) is 0. The van der Waals surface area contributed by atoms with Gasteiger partial charge in [-0.3, -0.25) is 14.6 Å². The molecular formula is C21H21ClN2O3. The van der Waals surface area contributed by atoms with Crippen LogP contribution in [-0.4, -0.2) is 28.6 Å². The molecule has 0 saturated carbocycles. The van der Waals surface area contributed by atoms with Crippen LogP contribution < -0.4 is 0 Å². The maximum atomic E-state index is 12.6. The van der Waals surface area contributed by atoms with E-state index in [2.05, 4.69) is 9.56 Å². The van der Waals surface area contributed by atoms with Crippen molar-refractivity contribution in [2.24, 2.45) is 10.9 Å². The van der Waals surface area contributed by atoms with Crippen molar-refractivity contribution >= 4 is 35.1 Å². The molecule has 2 heterocycles. The number of aliphatic imine (C=N–C) groups is 1. The number of ketones is 1. The van der Waals surface area contributed by atoms with Gasteiger partial charge in [0.15, 0.2) is 5.92 Å². The Kier molecular flexibility index (Phi) is 5.33. The van der Waals surface area contributed by atoms with Gasteiger partial charge in [-0.2, -0.15) is 0 Å². The maximum Gasteiger partial charge on any atom is 0.322 e. The van der Waals surface area contributed by atoms with E-state index >= 15 is 0 Å². The average molecular weight is 385 g/mol. The van der Waals surface area contributed by atoms with E-state index in [0.29, 0.717) is 10.7 Å². The number of allylic oxidation sites excluding steroid dienone is 1. The molecule has 0 radical (unpaired) electrons. The molecule has 0 N–H and O–H groups in total. The van der Waals surface area contributed by atoms with Gasteiger partial charge in [0.1, 0.15) is 5.70 Å². The number of Topliss-reactive ketones (excluding diaryl/α,β-unsaturated/α-hetero) is 1. The molecule has 1 aromatic heterocycles. The number of esters is 1. The first-order chi connectivity index (χ1) is 12.8. The SMILES string of the molecule is CCOC(=O)C1C(=O)/C(=C/c2cc(C)n(-c3cccc(Cl)c3)c2C)N=C1C. The van der Waals surface area contributed by atoms with Gasteiger partial charge in [-0.25, -0.2) is 0 Å². The number of halogens is 1. The molecule has 1 aliphatic rings. The number of ether oxygens (including phenoxy) is 1. The van der Waals surface area contributed by atoms with Crippen molar-refractivity contribution in [3.63, 3.8) is 0 Å². The molecule has 0 saturated heterocycles. The lowest BCUT2D eigenvalue weighted by Crippen LogP contribution is -2.28. The van der Waals surface area contributed by atoms with E-state index in [1.54, 1.807) is 19.9 Å². The lowest BCUT2D eigenvalue weighted by molar-refractivity contribution is -0.147. The van der Waals surface area contributed by atoms with Crippen LogP contribution in [0.4, 0.5) is 0 Å². The van der Waals surface area contributed by atoms with Crippen LogP contribution in [0.2, 0.25) is 5.02 Å². The molecule has 0 aliphatic carbocycles. The van der Waals surface area contributed by atoms with E-state index in [0.717, 1.165) is 22.6 Å². The number of hydrogen-bond donors (Lipinski definition) is 0. The Morgan fingerprint density at radius 1 is 1.30 bits per heavy atom. The summed E-state index contributed by atoms with van der Waals surface area (Å²) in [6.45, 7) is 7.58. The molecule has 3 rings (SSSR count). The highest BCUT2D eigenvalue weighted by Gasteiger charge is 2.38. The molecule has 0 spiro atoms. The molecular weight excluding hydrogens is 364 g/mol. The second-order valence-electron chi connectivity index (χ2n) is 6.47. The van der Waals surface area contributed by atoms with Crippen molar-refractivity contribution in [3.05, 3.63) is 58.0 Å². The van der Waals surface area contributed by atoms with Gasteiger partial charge < -0.3 is 9.30 Å². The molecule has 140 valence electrons. The molecule has 0 bridgehead atoms. The van der Waals surface area contributed by atoms with Crippen LogP contribution in [-0.2, 0) is 14.3 Å². The Balaban J connectivity index is 1.98. The zero-order valence-corrected chi connectivity index (χ0v) is 16.5. The smallest absolute Gasteiger partial charge is 0.322 e. The number of hydrogen-bond acceptors (Lipinski definition) is 4. The summed E-state index contributed by atoms with van der Waals surface area (Å²) < 4.78 is 7.06. The number of rotatable bonds is 4. The highest BCUT2D eigenvalue weighted by atomic mass is 35.5. The van der Waals surface area contributed by atoms with E-state index in [1.807, 2.05) is 44.2 Å². The first-order valence-electron chi connectivity index (χ1n) is 8.76. The van der Waals surface area contributed by atoms with Crippen molar-refractivity contribution in [3.8, 4) is 5.69 Å². The van der Waals surface area contributed by atoms with Gasteiger partial charge in [0, 0.05) is 27.8 Å². The minimum absolute atomic E-state index is 0.232. The molecule has 1 atom stereocenters. The predicted octanol–water partition coefficient (Wildman–Crippen LogP) is 4.31. The third-order valence-electron chi connectivity index (χ3n) is 4.58. The molecule has 0 fully saturated rings. The minimum Gasteiger partial charge on any atom is -0.465 e. The number of carbonyl (C=O) groups excluding carboxylic acids is 2. The minimum atomic E-state index is -0.937. The van der Waals surface area contributed by atoms with Gasteiger partial charge in [0.2, 0.25) is 5.78 Å². The third kappa shape index (κ3) is 3.60. The van der Waals surface area contributed by atoms with Gasteiger partial charge in [-0.05, 0) is 63.6 Å². The van der Waals surface area contributed by atoms with Crippen LogP contribution in [0.25, 0.3) is 11.8 Å². The second kappa shape index (κ2) is 7.53. The quantitative estimate of drug-likeness (QED) is 0.448. The van der Waals surface area contributed by atoms with Crippen LogP contribution >= 0.6 is 11.6 Å². The standard InChI is InChI=1S/C21H21ClN2O3/c1-5-27-21(26)19-13(3)23-18(20(19)25)10-15-9-12(2)24(14(15)4)17-8-6-7-16(22)11-17/h6-11,19H,5H2,1-4H3/b18-10-. The van der Waals surface area contributed by atoms with Gasteiger partial charge in [0.05, 0.1) is 6.61 Å². The Morgan fingerprint density at radius 3 is 2.70 bits per heavy atom. The van der Waals surface area contributed by atoms with Crippen molar-refractivity contribution in [1.29, 1.82) is 0 Å². The van der Waals surface area contributed by atoms with Crippen LogP contribution in [0.15, 0.2) is 41.0 Å². The van der Waals surface area contributed by atoms with Gasteiger partial charge in [0.25, 0.3) is 0 Å². The Morgan fingerprint density at radius 2 is 2.04 bits per heavy atom. The second-order valence-corrected chi connectivity index (χ2v) is 6.91. The Hall–Kier alpha value is -2.66. The van der Waals surface area contributed by atoms with E-state index < -0.39 is 11.9 Å². The van der Waals surface area contributed by atoms with Crippen LogP contribution in [0, 0.1) is 19.8 Å². The van der Waals surface area contributed by atoms with E-state index in [4.69, 9.17) is 16.3 Å². The molecule has 2 aromatic rings. The summed E-state index contributed by atoms with van der Waals surface area (Å²) in [5.74, 6) is -1.80. The summed E-state index contributed by atoms with van der Waals surface area (Å²) in [6, 6.07) is 9.57. The monoisotopic (exact) mass is 384 g/mol. The first kappa shape index (κ1) is 19.1. The van der Waals surface area contributed by atoms with Gasteiger partial charge in [-0.15, -0.1) is 0 Å². The number of nitrogens with zero attached hydrogens (tertiary/aromatic N) is 2. The molecule has 5 nitrogen and oxygen atoms in total. The molecule has 1 aliphatic heterocycles. The van der Waals surface area contributed by atoms with Crippen molar-refractivity contribution in [1.82, 2.24) is 4.57 Å². The largest absolute Gasteiger partial charge is 0.465 e. The predicted molar refractivity (Wildman–Crippen MR) is 106 cm³/mol. The maximum absolute atomic E-state index is 12.6. The zero-order chi connectivity index (χ0) is 19.7. The molecule has 0 amide bonds. The third-order valence-corrected chi connectivity index (χ3v) is 4.82. The highest BCUT2D eigenvalue weighted by molar-refractivity contribution is 6.30. The van der Waals surface area contributed by atoms with Crippen molar-refractivity contribution in [2.45, 2.75) is 27.7 Å².